The average molecular weight is 438 g/mol. The van der Waals surface area contributed by atoms with Gasteiger partial charge in [-0.15, -0.1) is 11.8 Å². The van der Waals surface area contributed by atoms with Crippen LogP contribution in [0, 0.1) is 11.3 Å². The van der Waals surface area contributed by atoms with E-state index in [-0.39, 0.29) is 0 Å². The van der Waals surface area contributed by atoms with E-state index in [0.29, 0.717) is 0 Å². The van der Waals surface area contributed by atoms with Crippen LogP contribution in [-0.2, 0) is 25.8 Å². The number of nitrogens with zero attached hydrogens (tertiary/aromatic N) is 3. The Balaban J connectivity index is 1.37. The summed E-state index contributed by atoms with van der Waals surface area (Å²) in [6.07, 6.45) is 3.12. The highest BCUT2D eigenvalue weighted by Gasteiger charge is 2.33. The first-order chi connectivity index (χ1) is 15.8. The predicted molar refractivity (Wildman–Crippen MR) is 132 cm³/mol. The van der Waals surface area contributed by atoms with Crippen molar-refractivity contribution in [1.29, 1.82) is 5.26 Å². The fraction of sp³-hybridized carbons (Fsp3) is 0.321. The molecule has 4 heteroatoms. The minimum atomic E-state index is 0.958. The van der Waals surface area contributed by atoms with E-state index in [0.717, 1.165) is 63.3 Å². The van der Waals surface area contributed by atoms with Crippen molar-refractivity contribution in [2.75, 3.05) is 36.8 Å². The molecule has 2 aliphatic heterocycles. The van der Waals surface area contributed by atoms with Crippen LogP contribution in [0.15, 0.2) is 59.5 Å². The quantitative estimate of drug-likeness (QED) is 0.557. The van der Waals surface area contributed by atoms with Gasteiger partial charge in [-0.3, -0.25) is 4.90 Å². The molecule has 0 saturated carbocycles. The summed E-state index contributed by atoms with van der Waals surface area (Å²) >= 11 is 1.95. The van der Waals surface area contributed by atoms with Crippen LogP contribution < -0.4 is 4.90 Å². The first-order valence-corrected chi connectivity index (χ1v) is 12.7. The standard InChI is InChI=1S/C28H27N3S/c29-18-25-23-12-17-32-28(23)26-22-9-5-4-8-21(22)10-11-24(26)27(25)31-15-13-30(14-16-31)19-20-6-2-1-3-7-20/h1-9H,10-17,19H2. The van der Waals surface area contributed by atoms with Gasteiger partial charge in [-0.05, 0) is 47.1 Å². The number of benzene rings is 3. The van der Waals surface area contributed by atoms with Crippen LogP contribution in [0.3, 0.4) is 0 Å². The van der Waals surface area contributed by atoms with E-state index in [1.54, 1.807) is 0 Å². The first-order valence-electron chi connectivity index (χ1n) is 11.7. The third-order valence-corrected chi connectivity index (χ3v) is 8.35. The van der Waals surface area contributed by atoms with Crippen LogP contribution in [0.5, 0.6) is 0 Å². The molecule has 0 radical (unpaired) electrons. The molecule has 0 N–H and O–H groups in total. The number of thioether (sulfide) groups is 1. The number of hydrogen-bond acceptors (Lipinski definition) is 4. The van der Waals surface area contributed by atoms with E-state index in [1.165, 1.54) is 44.0 Å². The molecule has 3 aromatic rings. The molecule has 0 atom stereocenters. The molecule has 3 nitrogen and oxygen atoms in total. The van der Waals surface area contributed by atoms with Gasteiger partial charge in [0.25, 0.3) is 0 Å². The third kappa shape index (κ3) is 3.32. The topological polar surface area (TPSA) is 30.3 Å². The summed E-state index contributed by atoms with van der Waals surface area (Å²) in [5.41, 5.74) is 10.6. The van der Waals surface area contributed by atoms with Crippen molar-refractivity contribution in [2.24, 2.45) is 0 Å². The van der Waals surface area contributed by atoms with Gasteiger partial charge in [0.1, 0.15) is 6.07 Å². The van der Waals surface area contributed by atoms with Crippen molar-refractivity contribution in [3.05, 3.63) is 82.4 Å². The Morgan fingerprint density at radius 2 is 1.62 bits per heavy atom. The minimum Gasteiger partial charge on any atom is -0.368 e. The Labute approximate surface area is 194 Å². The van der Waals surface area contributed by atoms with E-state index in [4.69, 9.17) is 0 Å². The van der Waals surface area contributed by atoms with Crippen molar-refractivity contribution in [3.63, 3.8) is 0 Å². The number of nitriles is 1. The molecule has 6 rings (SSSR count). The summed E-state index contributed by atoms with van der Waals surface area (Å²) in [7, 11) is 0. The van der Waals surface area contributed by atoms with Gasteiger partial charge in [-0.25, -0.2) is 0 Å². The fourth-order valence-corrected chi connectivity index (χ4v) is 6.94. The van der Waals surface area contributed by atoms with Gasteiger partial charge >= 0.3 is 0 Å². The summed E-state index contributed by atoms with van der Waals surface area (Å²) < 4.78 is 0. The maximum Gasteiger partial charge on any atom is 0.102 e. The van der Waals surface area contributed by atoms with Gasteiger partial charge < -0.3 is 4.90 Å². The van der Waals surface area contributed by atoms with Gasteiger partial charge in [0.15, 0.2) is 0 Å². The zero-order valence-corrected chi connectivity index (χ0v) is 19.1. The molecule has 3 aromatic carbocycles. The highest BCUT2D eigenvalue weighted by Crippen LogP contribution is 2.50. The summed E-state index contributed by atoms with van der Waals surface area (Å²) in [6, 6.07) is 22.3. The molecule has 1 saturated heterocycles. The predicted octanol–water partition coefficient (Wildman–Crippen LogP) is 5.29. The highest BCUT2D eigenvalue weighted by atomic mass is 32.2. The van der Waals surface area contributed by atoms with Gasteiger partial charge in [0.05, 0.1) is 11.3 Å². The van der Waals surface area contributed by atoms with Crippen molar-refractivity contribution in [1.82, 2.24) is 4.90 Å². The lowest BCUT2D eigenvalue weighted by atomic mass is 9.81. The van der Waals surface area contributed by atoms with Crippen LogP contribution in [0.2, 0.25) is 0 Å². The lowest BCUT2D eigenvalue weighted by molar-refractivity contribution is 0.249. The molecular weight excluding hydrogens is 410 g/mol. The summed E-state index contributed by atoms with van der Waals surface area (Å²) in [4.78, 5) is 6.45. The van der Waals surface area contributed by atoms with Gasteiger partial charge in [-0.2, -0.15) is 5.26 Å². The van der Waals surface area contributed by atoms with E-state index < -0.39 is 0 Å². The zero-order chi connectivity index (χ0) is 21.5. The average Bonchev–Trinajstić information content (AvgIpc) is 3.34. The second-order valence-corrected chi connectivity index (χ2v) is 10.1. The lowest BCUT2D eigenvalue weighted by Crippen LogP contribution is -2.46. The van der Waals surface area contributed by atoms with Crippen molar-refractivity contribution >= 4 is 17.4 Å². The lowest BCUT2D eigenvalue weighted by Gasteiger charge is -2.39. The van der Waals surface area contributed by atoms with Gasteiger partial charge in [0, 0.05) is 48.9 Å². The molecule has 2 heterocycles. The molecule has 0 bridgehead atoms. The fourth-order valence-electron chi connectivity index (χ4n) is 5.68. The molecule has 1 fully saturated rings. The van der Waals surface area contributed by atoms with Gasteiger partial charge in [0.2, 0.25) is 0 Å². The maximum absolute atomic E-state index is 10.3. The molecule has 1 aliphatic carbocycles. The second-order valence-electron chi connectivity index (χ2n) is 9.00. The Bertz CT molecular complexity index is 1200. The van der Waals surface area contributed by atoms with Crippen molar-refractivity contribution < 1.29 is 0 Å². The first kappa shape index (κ1) is 19.9. The van der Waals surface area contributed by atoms with E-state index in [9.17, 15) is 5.26 Å². The number of fused-ring (bicyclic) bond motifs is 5. The number of rotatable bonds is 3. The third-order valence-electron chi connectivity index (χ3n) is 7.21. The molecule has 0 spiro atoms. The SMILES string of the molecule is N#Cc1c2c(c3c(c1N1CCN(Cc4ccccc4)CC1)CCc1ccccc1-3)SCC2. The van der Waals surface area contributed by atoms with Crippen LogP contribution in [0.4, 0.5) is 5.69 Å². The van der Waals surface area contributed by atoms with E-state index >= 15 is 0 Å². The monoisotopic (exact) mass is 437 g/mol. The van der Waals surface area contributed by atoms with E-state index in [1.807, 2.05) is 11.8 Å². The molecule has 0 aromatic heterocycles. The summed E-state index contributed by atoms with van der Waals surface area (Å²) in [5, 5.41) is 10.3. The normalized spacial score (nSPS) is 17.4. The summed E-state index contributed by atoms with van der Waals surface area (Å²) in [5.74, 6) is 1.09. The minimum absolute atomic E-state index is 0.958. The summed E-state index contributed by atoms with van der Waals surface area (Å²) in [6.45, 7) is 5.06. The highest BCUT2D eigenvalue weighted by molar-refractivity contribution is 7.99. The second kappa shape index (κ2) is 8.31. The van der Waals surface area contributed by atoms with Crippen LogP contribution in [-0.4, -0.2) is 36.8 Å². The van der Waals surface area contributed by atoms with Crippen molar-refractivity contribution in [2.45, 2.75) is 30.7 Å². The maximum atomic E-state index is 10.3. The van der Waals surface area contributed by atoms with Crippen LogP contribution >= 0.6 is 11.8 Å². The zero-order valence-electron chi connectivity index (χ0n) is 18.3. The number of anilines is 1. The van der Waals surface area contributed by atoms with Crippen LogP contribution in [0.25, 0.3) is 11.1 Å². The smallest absolute Gasteiger partial charge is 0.102 e. The largest absolute Gasteiger partial charge is 0.368 e. The van der Waals surface area contributed by atoms with Gasteiger partial charge in [-0.1, -0.05) is 54.6 Å². The van der Waals surface area contributed by atoms with Crippen molar-refractivity contribution in [3.8, 4) is 17.2 Å². The number of aryl methyl sites for hydroxylation is 1. The molecule has 32 heavy (non-hydrogen) atoms. The Morgan fingerprint density at radius 3 is 2.44 bits per heavy atom. The van der Waals surface area contributed by atoms with Crippen LogP contribution in [0.1, 0.15) is 27.8 Å². The Kier molecular flexibility index (Phi) is 5.17. The molecule has 0 amide bonds. The molecule has 0 unspecified atom stereocenters. The van der Waals surface area contributed by atoms with E-state index in [2.05, 4.69) is 70.5 Å². The Hall–Kier alpha value is -2.74. The molecule has 160 valence electrons. The number of piperazine rings is 1. The Morgan fingerprint density at radius 1 is 0.844 bits per heavy atom. The molecule has 3 aliphatic rings. The number of hydrogen-bond donors (Lipinski definition) is 0. The molecular formula is C28H27N3S.